The van der Waals surface area contributed by atoms with Crippen LogP contribution >= 0.6 is 0 Å². The minimum absolute atomic E-state index is 0.00107. The molecule has 0 bridgehead atoms. The van der Waals surface area contributed by atoms with Crippen LogP contribution in [-0.2, 0) is 4.74 Å². The summed E-state index contributed by atoms with van der Waals surface area (Å²) in [7, 11) is 0. The smallest absolute Gasteiger partial charge is 0.414 e. The standard InChI is InChI=1S/C15H19FN4O4/c16-12-7-10(1-2-13(12)19-5-3-17-4-6-19)20-9-11(24-15(20)23)8-18-14(21)22/h1-2,7,11,17-18H,3-6,8-9H2,(H,21,22)/t11-/m0/s1. The normalized spacial score (nSPS) is 20.9. The summed E-state index contributed by atoms with van der Waals surface area (Å²) in [6.07, 6.45) is -2.39. The summed E-state index contributed by atoms with van der Waals surface area (Å²) in [5.41, 5.74) is 0.908. The van der Waals surface area contributed by atoms with Gasteiger partial charge >= 0.3 is 12.2 Å². The molecule has 2 fully saturated rings. The maximum absolute atomic E-state index is 14.4. The number of carbonyl (C=O) groups excluding carboxylic acids is 1. The number of nitrogens with one attached hydrogen (secondary N) is 2. The number of carbonyl (C=O) groups is 2. The number of cyclic esters (lactones) is 1. The molecule has 1 aromatic carbocycles. The molecule has 0 radical (unpaired) electrons. The fourth-order valence-corrected chi connectivity index (χ4v) is 2.87. The Labute approximate surface area is 138 Å². The highest BCUT2D eigenvalue weighted by molar-refractivity contribution is 5.90. The minimum atomic E-state index is -1.18. The first-order valence-corrected chi connectivity index (χ1v) is 7.75. The number of halogens is 1. The molecule has 2 amide bonds. The number of rotatable bonds is 4. The predicted molar refractivity (Wildman–Crippen MR) is 85.1 cm³/mol. The van der Waals surface area contributed by atoms with E-state index in [1.807, 2.05) is 4.90 Å². The van der Waals surface area contributed by atoms with Crippen LogP contribution in [0, 0.1) is 5.82 Å². The molecule has 2 heterocycles. The Morgan fingerprint density at radius 1 is 1.42 bits per heavy atom. The Hall–Kier alpha value is -2.55. The second-order valence-electron chi connectivity index (χ2n) is 5.68. The second-order valence-corrected chi connectivity index (χ2v) is 5.68. The van der Waals surface area contributed by atoms with Crippen LogP contribution < -0.4 is 20.4 Å². The zero-order chi connectivity index (χ0) is 17.1. The van der Waals surface area contributed by atoms with E-state index in [0.29, 0.717) is 11.4 Å². The lowest BCUT2D eigenvalue weighted by Gasteiger charge is -2.30. The van der Waals surface area contributed by atoms with E-state index in [1.54, 1.807) is 12.1 Å². The fourth-order valence-electron chi connectivity index (χ4n) is 2.87. The van der Waals surface area contributed by atoms with E-state index in [-0.39, 0.29) is 13.1 Å². The summed E-state index contributed by atoms with van der Waals surface area (Å²) >= 11 is 0. The molecule has 1 aromatic rings. The van der Waals surface area contributed by atoms with Crippen LogP contribution in [0.4, 0.5) is 25.4 Å². The molecule has 0 unspecified atom stereocenters. The van der Waals surface area contributed by atoms with Crippen molar-refractivity contribution < 1.29 is 23.8 Å². The zero-order valence-corrected chi connectivity index (χ0v) is 13.0. The zero-order valence-electron chi connectivity index (χ0n) is 13.0. The second kappa shape index (κ2) is 6.91. The number of anilines is 2. The lowest BCUT2D eigenvalue weighted by molar-refractivity contribution is 0.136. The SMILES string of the molecule is O=C(O)NC[C@H]1CN(c2ccc(N3CCNCC3)c(F)c2)C(=O)O1. The molecule has 1 atom stereocenters. The van der Waals surface area contributed by atoms with Gasteiger partial charge in [0.25, 0.3) is 0 Å². The first-order chi connectivity index (χ1) is 11.5. The highest BCUT2D eigenvalue weighted by Crippen LogP contribution is 2.28. The molecule has 2 aliphatic heterocycles. The molecule has 2 saturated heterocycles. The first kappa shape index (κ1) is 16.3. The molecule has 0 spiro atoms. The Morgan fingerprint density at radius 3 is 2.83 bits per heavy atom. The molecule has 0 saturated carbocycles. The van der Waals surface area contributed by atoms with Gasteiger partial charge in [0.2, 0.25) is 0 Å². The third-order valence-electron chi connectivity index (χ3n) is 4.06. The van der Waals surface area contributed by atoms with Crippen molar-refractivity contribution in [2.45, 2.75) is 6.10 Å². The quantitative estimate of drug-likeness (QED) is 0.753. The molecule has 2 aliphatic rings. The number of amides is 2. The van der Waals surface area contributed by atoms with E-state index < -0.39 is 24.1 Å². The van der Waals surface area contributed by atoms with E-state index >= 15 is 0 Å². The van der Waals surface area contributed by atoms with Crippen molar-refractivity contribution in [2.24, 2.45) is 0 Å². The highest BCUT2D eigenvalue weighted by Gasteiger charge is 2.33. The van der Waals surface area contributed by atoms with E-state index in [9.17, 15) is 14.0 Å². The van der Waals surface area contributed by atoms with Gasteiger partial charge in [-0.15, -0.1) is 0 Å². The van der Waals surface area contributed by atoms with Gasteiger partial charge < -0.3 is 25.4 Å². The van der Waals surface area contributed by atoms with Crippen LogP contribution in [0.5, 0.6) is 0 Å². The van der Waals surface area contributed by atoms with Gasteiger partial charge in [0.1, 0.15) is 11.9 Å². The summed E-state index contributed by atoms with van der Waals surface area (Å²) < 4.78 is 19.5. The summed E-state index contributed by atoms with van der Waals surface area (Å²) in [4.78, 5) is 25.7. The largest absolute Gasteiger partial charge is 0.465 e. The number of piperazine rings is 1. The summed E-state index contributed by atoms with van der Waals surface area (Å²) in [5, 5.41) is 14.0. The van der Waals surface area contributed by atoms with E-state index in [4.69, 9.17) is 9.84 Å². The average Bonchev–Trinajstić information content (AvgIpc) is 2.94. The van der Waals surface area contributed by atoms with Gasteiger partial charge in [-0.25, -0.2) is 14.0 Å². The summed E-state index contributed by atoms with van der Waals surface area (Å²) in [5.74, 6) is -0.394. The van der Waals surface area contributed by atoms with Crippen molar-refractivity contribution in [3.63, 3.8) is 0 Å². The molecule has 9 heteroatoms. The highest BCUT2D eigenvalue weighted by atomic mass is 19.1. The Kier molecular flexibility index (Phi) is 4.70. The third kappa shape index (κ3) is 3.51. The third-order valence-corrected chi connectivity index (χ3v) is 4.06. The van der Waals surface area contributed by atoms with Crippen LogP contribution in [0.15, 0.2) is 18.2 Å². The van der Waals surface area contributed by atoms with Gasteiger partial charge in [0, 0.05) is 26.2 Å². The summed E-state index contributed by atoms with van der Waals surface area (Å²) in [6, 6.07) is 4.65. The van der Waals surface area contributed by atoms with Crippen molar-refractivity contribution in [2.75, 3.05) is 49.1 Å². The Morgan fingerprint density at radius 2 is 2.17 bits per heavy atom. The van der Waals surface area contributed by atoms with Gasteiger partial charge in [-0.2, -0.15) is 0 Å². The number of carboxylic acid groups (broad SMARTS) is 1. The summed E-state index contributed by atoms with van der Waals surface area (Å²) in [6.45, 7) is 3.23. The minimum Gasteiger partial charge on any atom is -0.465 e. The molecule has 0 aliphatic carbocycles. The molecule has 130 valence electrons. The van der Waals surface area contributed by atoms with Crippen molar-refractivity contribution >= 4 is 23.6 Å². The van der Waals surface area contributed by atoms with Crippen molar-refractivity contribution in [1.29, 1.82) is 0 Å². The number of hydrogen-bond donors (Lipinski definition) is 3. The number of ether oxygens (including phenoxy) is 1. The van der Waals surface area contributed by atoms with E-state index in [2.05, 4.69) is 10.6 Å². The number of nitrogens with zero attached hydrogens (tertiary/aromatic N) is 2. The van der Waals surface area contributed by atoms with Gasteiger partial charge in [0.15, 0.2) is 0 Å². The van der Waals surface area contributed by atoms with Gasteiger partial charge in [0.05, 0.1) is 24.5 Å². The topological polar surface area (TPSA) is 94.1 Å². The van der Waals surface area contributed by atoms with Crippen molar-refractivity contribution in [3.05, 3.63) is 24.0 Å². The monoisotopic (exact) mass is 338 g/mol. The fraction of sp³-hybridized carbons (Fsp3) is 0.467. The van der Waals surface area contributed by atoms with Gasteiger partial charge in [-0.1, -0.05) is 0 Å². The number of benzene rings is 1. The van der Waals surface area contributed by atoms with Crippen LogP contribution in [0.3, 0.4) is 0 Å². The average molecular weight is 338 g/mol. The Balaban J connectivity index is 1.69. The van der Waals surface area contributed by atoms with Gasteiger partial charge in [-0.05, 0) is 18.2 Å². The van der Waals surface area contributed by atoms with Crippen LogP contribution in [0.1, 0.15) is 0 Å². The number of hydrogen-bond acceptors (Lipinski definition) is 5. The predicted octanol–water partition coefficient (Wildman–Crippen LogP) is 0.828. The van der Waals surface area contributed by atoms with Crippen LogP contribution in [0.25, 0.3) is 0 Å². The van der Waals surface area contributed by atoms with Crippen LogP contribution in [0.2, 0.25) is 0 Å². The first-order valence-electron chi connectivity index (χ1n) is 7.75. The molecule has 3 N–H and O–H groups in total. The lowest BCUT2D eigenvalue weighted by atomic mass is 10.2. The van der Waals surface area contributed by atoms with Crippen molar-refractivity contribution in [3.8, 4) is 0 Å². The molecule has 3 rings (SSSR count). The van der Waals surface area contributed by atoms with Crippen LogP contribution in [-0.4, -0.2) is 62.7 Å². The van der Waals surface area contributed by atoms with E-state index in [1.165, 1.54) is 11.0 Å². The Bertz CT molecular complexity index is 636. The van der Waals surface area contributed by atoms with Gasteiger partial charge in [-0.3, -0.25) is 4.90 Å². The molecular weight excluding hydrogens is 319 g/mol. The van der Waals surface area contributed by atoms with Crippen molar-refractivity contribution in [1.82, 2.24) is 10.6 Å². The van der Waals surface area contributed by atoms with E-state index in [0.717, 1.165) is 26.2 Å². The maximum atomic E-state index is 14.4. The molecule has 0 aromatic heterocycles. The lowest BCUT2D eigenvalue weighted by Crippen LogP contribution is -2.43. The molecular formula is C15H19FN4O4. The molecule has 24 heavy (non-hydrogen) atoms. The molecule has 8 nitrogen and oxygen atoms in total. The maximum Gasteiger partial charge on any atom is 0.414 e.